The Bertz CT molecular complexity index is 751. The molecule has 2 rings (SSSR count). The quantitative estimate of drug-likeness (QED) is 0.512. The highest BCUT2D eigenvalue weighted by atomic mass is 79.9. The molecule has 0 aliphatic carbocycles. The molecule has 0 aliphatic rings. The molecule has 5 nitrogen and oxygen atoms in total. The first-order valence-corrected chi connectivity index (χ1v) is 9.13. The fourth-order valence-electron chi connectivity index (χ4n) is 2.03. The van der Waals surface area contributed by atoms with Gasteiger partial charge in [-0.2, -0.15) is 5.10 Å². The summed E-state index contributed by atoms with van der Waals surface area (Å²) >= 11 is 6.85. The van der Waals surface area contributed by atoms with Crippen LogP contribution in [0, 0.1) is 6.92 Å². The van der Waals surface area contributed by atoms with E-state index in [9.17, 15) is 4.79 Å². The van der Waals surface area contributed by atoms with Crippen LogP contribution in [0.15, 0.2) is 50.4 Å². The van der Waals surface area contributed by atoms with Crippen molar-refractivity contribution in [2.75, 3.05) is 25.6 Å². The van der Waals surface area contributed by atoms with E-state index in [0.29, 0.717) is 5.75 Å². The Kier molecular flexibility index (Phi) is 7.01. The predicted octanol–water partition coefficient (Wildman–Crippen LogP) is 4.12. The number of hydrazone groups is 1. The first kappa shape index (κ1) is 19.5. The molecule has 0 saturated heterocycles. The lowest BCUT2D eigenvalue weighted by Gasteiger charge is -2.11. The molecule has 0 unspecified atom stereocenters. The lowest BCUT2D eigenvalue weighted by Crippen LogP contribution is -2.24. The number of carbonyl (C=O) groups excluding carboxylic acids is 1. The number of carbonyl (C=O) groups is 1. The molecular formula is C18H19Br2N3O2. The number of rotatable bonds is 6. The third-order valence-electron chi connectivity index (χ3n) is 3.30. The van der Waals surface area contributed by atoms with E-state index >= 15 is 0 Å². The number of hydrogen-bond donors (Lipinski definition) is 1. The molecule has 2 aromatic carbocycles. The van der Waals surface area contributed by atoms with Gasteiger partial charge >= 0.3 is 0 Å². The van der Waals surface area contributed by atoms with E-state index < -0.39 is 0 Å². The largest absolute Gasteiger partial charge is 0.481 e. The molecule has 1 amide bonds. The van der Waals surface area contributed by atoms with E-state index in [1.165, 1.54) is 0 Å². The number of nitrogens with zero attached hydrogens (tertiary/aromatic N) is 2. The maximum atomic E-state index is 11.9. The Labute approximate surface area is 164 Å². The molecule has 0 bridgehead atoms. The van der Waals surface area contributed by atoms with Gasteiger partial charge in [0.2, 0.25) is 0 Å². The first-order valence-electron chi connectivity index (χ1n) is 7.54. The molecule has 132 valence electrons. The van der Waals surface area contributed by atoms with Crippen LogP contribution in [0.2, 0.25) is 0 Å². The van der Waals surface area contributed by atoms with Crippen LogP contribution in [0.25, 0.3) is 0 Å². The van der Waals surface area contributed by atoms with Crippen molar-refractivity contribution >= 4 is 49.7 Å². The van der Waals surface area contributed by atoms with Crippen LogP contribution in [0.4, 0.5) is 5.69 Å². The smallest absolute Gasteiger partial charge is 0.277 e. The Morgan fingerprint density at radius 2 is 1.80 bits per heavy atom. The van der Waals surface area contributed by atoms with Gasteiger partial charge in [0, 0.05) is 19.8 Å². The van der Waals surface area contributed by atoms with Crippen LogP contribution in [-0.4, -0.2) is 32.8 Å². The average molecular weight is 469 g/mol. The van der Waals surface area contributed by atoms with E-state index in [0.717, 1.165) is 25.8 Å². The molecular weight excluding hydrogens is 450 g/mol. The third-order valence-corrected chi connectivity index (χ3v) is 4.48. The molecule has 0 aliphatic heterocycles. The van der Waals surface area contributed by atoms with Gasteiger partial charge < -0.3 is 9.64 Å². The first-order chi connectivity index (χ1) is 11.9. The number of ether oxygens (including phenoxy) is 1. The minimum atomic E-state index is -0.333. The van der Waals surface area contributed by atoms with Crippen LogP contribution in [-0.2, 0) is 4.79 Å². The number of halogens is 2. The maximum Gasteiger partial charge on any atom is 0.277 e. The van der Waals surface area contributed by atoms with E-state index in [1.54, 1.807) is 6.21 Å². The minimum absolute atomic E-state index is 0.128. The monoisotopic (exact) mass is 467 g/mol. The van der Waals surface area contributed by atoms with Gasteiger partial charge in [0.25, 0.3) is 5.91 Å². The van der Waals surface area contributed by atoms with Crippen LogP contribution < -0.4 is 15.1 Å². The Morgan fingerprint density at radius 1 is 1.20 bits per heavy atom. The topological polar surface area (TPSA) is 53.9 Å². The normalized spacial score (nSPS) is 10.8. The minimum Gasteiger partial charge on any atom is -0.481 e. The molecule has 0 aromatic heterocycles. The summed E-state index contributed by atoms with van der Waals surface area (Å²) in [6.07, 6.45) is 1.59. The third kappa shape index (κ3) is 5.86. The summed E-state index contributed by atoms with van der Waals surface area (Å²) in [6.45, 7) is 1.85. The number of aryl methyl sites for hydroxylation is 1. The number of hydrogen-bond acceptors (Lipinski definition) is 4. The summed E-state index contributed by atoms with van der Waals surface area (Å²) in [5, 5.41) is 3.95. The van der Waals surface area contributed by atoms with Crippen molar-refractivity contribution in [3.05, 3.63) is 56.5 Å². The van der Waals surface area contributed by atoms with E-state index in [-0.39, 0.29) is 12.5 Å². The van der Waals surface area contributed by atoms with Gasteiger partial charge in [-0.3, -0.25) is 4.79 Å². The molecule has 0 fully saturated rings. The molecule has 0 heterocycles. The Hall–Kier alpha value is -1.86. The van der Waals surface area contributed by atoms with Gasteiger partial charge in [0.05, 0.1) is 15.2 Å². The zero-order chi connectivity index (χ0) is 18.4. The number of amides is 1. The molecule has 25 heavy (non-hydrogen) atoms. The molecule has 0 saturated carbocycles. The van der Waals surface area contributed by atoms with Gasteiger partial charge in [0.15, 0.2) is 6.61 Å². The second kappa shape index (κ2) is 9.01. The highest BCUT2D eigenvalue weighted by Gasteiger charge is 2.09. The highest BCUT2D eigenvalue weighted by Crippen LogP contribution is 2.34. The second-order valence-electron chi connectivity index (χ2n) is 5.63. The van der Waals surface area contributed by atoms with Gasteiger partial charge in [0.1, 0.15) is 5.75 Å². The summed E-state index contributed by atoms with van der Waals surface area (Å²) in [5.74, 6) is 0.254. The molecule has 2 aromatic rings. The van der Waals surface area contributed by atoms with E-state index in [4.69, 9.17) is 4.74 Å². The molecule has 0 spiro atoms. The maximum absolute atomic E-state index is 11.9. The lowest BCUT2D eigenvalue weighted by molar-refractivity contribution is -0.123. The van der Waals surface area contributed by atoms with Crippen molar-refractivity contribution in [1.82, 2.24) is 5.43 Å². The van der Waals surface area contributed by atoms with Gasteiger partial charge in [-0.15, -0.1) is 0 Å². The van der Waals surface area contributed by atoms with E-state index in [2.05, 4.69) is 42.4 Å². The zero-order valence-corrected chi connectivity index (χ0v) is 17.4. The molecule has 0 radical (unpaired) electrons. The number of anilines is 1. The van der Waals surface area contributed by atoms with Crippen LogP contribution in [0.1, 0.15) is 11.1 Å². The fraction of sp³-hybridized carbons (Fsp3) is 0.222. The van der Waals surface area contributed by atoms with Crippen LogP contribution >= 0.6 is 31.9 Å². The summed E-state index contributed by atoms with van der Waals surface area (Å²) in [5.41, 5.74) is 5.54. The standard InChI is InChI=1S/C18H19Br2N3O2/c1-12-8-15(19)18(16(20)9-12)25-11-17(24)22-21-10-13-4-6-14(7-5-13)23(2)3/h4-10H,11H2,1-3H3,(H,22,24). The van der Waals surface area contributed by atoms with Crippen molar-refractivity contribution in [2.45, 2.75) is 6.92 Å². The van der Waals surface area contributed by atoms with Crippen LogP contribution in [0.5, 0.6) is 5.75 Å². The average Bonchev–Trinajstić information content (AvgIpc) is 2.54. The Morgan fingerprint density at radius 3 is 2.36 bits per heavy atom. The fourth-order valence-corrected chi connectivity index (χ4v) is 3.68. The summed E-state index contributed by atoms with van der Waals surface area (Å²) in [7, 11) is 3.96. The van der Waals surface area contributed by atoms with Gasteiger partial charge in [-0.1, -0.05) is 12.1 Å². The summed E-state index contributed by atoms with van der Waals surface area (Å²) < 4.78 is 7.12. The predicted molar refractivity (Wildman–Crippen MR) is 109 cm³/mol. The van der Waals surface area contributed by atoms with Crippen molar-refractivity contribution in [3.8, 4) is 5.75 Å². The number of nitrogens with one attached hydrogen (secondary N) is 1. The van der Waals surface area contributed by atoms with Gasteiger partial charge in [-0.05, 0) is 74.2 Å². The number of benzene rings is 2. The summed E-state index contributed by atoms with van der Waals surface area (Å²) in [6, 6.07) is 11.7. The van der Waals surface area contributed by atoms with Crippen molar-refractivity contribution in [2.24, 2.45) is 5.10 Å². The van der Waals surface area contributed by atoms with Crippen molar-refractivity contribution in [1.29, 1.82) is 0 Å². The zero-order valence-electron chi connectivity index (χ0n) is 14.2. The molecule has 0 atom stereocenters. The highest BCUT2D eigenvalue weighted by molar-refractivity contribution is 9.11. The Balaban J connectivity index is 1.86. The summed E-state index contributed by atoms with van der Waals surface area (Å²) in [4.78, 5) is 13.9. The van der Waals surface area contributed by atoms with Crippen molar-refractivity contribution in [3.63, 3.8) is 0 Å². The lowest BCUT2D eigenvalue weighted by atomic mass is 10.2. The SMILES string of the molecule is Cc1cc(Br)c(OCC(=O)NN=Cc2ccc(N(C)C)cc2)c(Br)c1. The second-order valence-corrected chi connectivity index (χ2v) is 7.33. The molecule has 1 N–H and O–H groups in total. The van der Waals surface area contributed by atoms with Crippen LogP contribution in [0.3, 0.4) is 0 Å². The molecule has 7 heteroatoms. The van der Waals surface area contributed by atoms with E-state index in [1.807, 2.05) is 62.3 Å². The van der Waals surface area contributed by atoms with Gasteiger partial charge in [-0.25, -0.2) is 5.43 Å². The van der Waals surface area contributed by atoms with Crippen molar-refractivity contribution < 1.29 is 9.53 Å².